The Hall–Kier alpha value is -0.320. The Morgan fingerprint density at radius 3 is 2.87 bits per heavy atom. The largest absolute Gasteiger partial charge is 0.372 e. The van der Waals surface area contributed by atoms with Gasteiger partial charge in [-0.3, -0.25) is 4.79 Å². The molecular formula is C10H21ClN2O2. The predicted octanol–water partition coefficient (Wildman–Crippen LogP) is 0.688. The van der Waals surface area contributed by atoms with Gasteiger partial charge in [0.25, 0.3) is 0 Å². The number of nitrogens with one attached hydrogen (secondary N) is 1. The van der Waals surface area contributed by atoms with Crippen LogP contribution in [0.25, 0.3) is 0 Å². The molecule has 3 N–H and O–H groups in total. The third-order valence-electron chi connectivity index (χ3n) is 2.75. The van der Waals surface area contributed by atoms with Crippen LogP contribution in [0.4, 0.5) is 0 Å². The molecule has 0 bridgehead atoms. The highest BCUT2D eigenvalue weighted by molar-refractivity contribution is 5.85. The molecule has 0 saturated heterocycles. The summed E-state index contributed by atoms with van der Waals surface area (Å²) in [7, 11) is 0. The summed E-state index contributed by atoms with van der Waals surface area (Å²) >= 11 is 0. The van der Waals surface area contributed by atoms with Crippen LogP contribution in [0.15, 0.2) is 0 Å². The predicted molar refractivity (Wildman–Crippen MR) is 62.1 cm³/mol. The molecule has 0 aromatic carbocycles. The molecule has 1 fully saturated rings. The van der Waals surface area contributed by atoms with E-state index in [1.54, 1.807) is 0 Å². The minimum atomic E-state index is -0.0165. The van der Waals surface area contributed by atoms with Crippen molar-refractivity contribution >= 4 is 18.3 Å². The lowest BCUT2D eigenvalue weighted by atomic mass is 10.0. The monoisotopic (exact) mass is 236 g/mol. The normalized spacial score (nSPS) is 24.7. The molecule has 1 aliphatic rings. The van der Waals surface area contributed by atoms with Crippen LogP contribution in [-0.2, 0) is 9.53 Å². The molecule has 0 aromatic heterocycles. The quantitative estimate of drug-likeness (QED) is 0.738. The van der Waals surface area contributed by atoms with Crippen molar-refractivity contribution in [3.05, 3.63) is 0 Å². The molecule has 15 heavy (non-hydrogen) atoms. The van der Waals surface area contributed by atoms with Gasteiger partial charge in [-0.15, -0.1) is 12.4 Å². The van der Waals surface area contributed by atoms with Crippen LogP contribution in [0.5, 0.6) is 0 Å². The Morgan fingerprint density at radius 1 is 1.53 bits per heavy atom. The SMILES string of the molecule is CCOCC(=O)NC1CCCC1CN.Cl. The van der Waals surface area contributed by atoms with Crippen molar-refractivity contribution in [3.63, 3.8) is 0 Å². The number of nitrogens with two attached hydrogens (primary N) is 1. The first-order valence-corrected chi connectivity index (χ1v) is 5.35. The number of hydrogen-bond acceptors (Lipinski definition) is 3. The fourth-order valence-electron chi connectivity index (χ4n) is 1.95. The third-order valence-corrected chi connectivity index (χ3v) is 2.75. The van der Waals surface area contributed by atoms with E-state index in [4.69, 9.17) is 10.5 Å². The first-order chi connectivity index (χ1) is 6.77. The number of rotatable bonds is 5. The summed E-state index contributed by atoms with van der Waals surface area (Å²) in [4.78, 5) is 11.3. The maximum absolute atomic E-state index is 11.3. The second kappa shape index (κ2) is 7.91. The van der Waals surface area contributed by atoms with Crippen LogP contribution < -0.4 is 11.1 Å². The van der Waals surface area contributed by atoms with Crippen molar-refractivity contribution in [2.45, 2.75) is 32.2 Å². The molecule has 5 heteroatoms. The average molecular weight is 237 g/mol. The van der Waals surface area contributed by atoms with Gasteiger partial charge < -0.3 is 15.8 Å². The van der Waals surface area contributed by atoms with Crippen molar-refractivity contribution in [1.82, 2.24) is 5.32 Å². The topological polar surface area (TPSA) is 64.3 Å². The molecule has 2 unspecified atom stereocenters. The number of ether oxygens (including phenoxy) is 1. The fourth-order valence-corrected chi connectivity index (χ4v) is 1.95. The van der Waals surface area contributed by atoms with Crippen LogP contribution >= 0.6 is 12.4 Å². The van der Waals surface area contributed by atoms with Gasteiger partial charge in [0.15, 0.2) is 0 Å². The summed E-state index contributed by atoms with van der Waals surface area (Å²) in [6.45, 7) is 3.30. The Kier molecular flexibility index (Phi) is 7.74. The van der Waals surface area contributed by atoms with Crippen LogP contribution in [-0.4, -0.2) is 31.7 Å². The van der Waals surface area contributed by atoms with Crippen LogP contribution in [0.1, 0.15) is 26.2 Å². The molecule has 1 amide bonds. The lowest BCUT2D eigenvalue weighted by Crippen LogP contribution is -2.41. The highest BCUT2D eigenvalue weighted by atomic mass is 35.5. The van der Waals surface area contributed by atoms with Gasteiger partial charge in [0, 0.05) is 12.6 Å². The van der Waals surface area contributed by atoms with Gasteiger partial charge in [-0.1, -0.05) is 6.42 Å². The standard InChI is InChI=1S/C10H20N2O2.ClH/c1-2-14-7-10(13)12-9-5-3-4-8(9)6-11;/h8-9H,2-7,11H2,1H3,(H,12,13);1H. The van der Waals surface area contributed by atoms with Crippen LogP contribution in [0, 0.1) is 5.92 Å². The molecule has 1 aliphatic carbocycles. The van der Waals surface area contributed by atoms with E-state index in [2.05, 4.69) is 5.32 Å². The van der Waals surface area contributed by atoms with Crippen LogP contribution in [0.3, 0.4) is 0 Å². The first-order valence-electron chi connectivity index (χ1n) is 5.35. The van der Waals surface area contributed by atoms with Gasteiger partial charge in [-0.2, -0.15) is 0 Å². The summed E-state index contributed by atoms with van der Waals surface area (Å²) in [5, 5.41) is 2.97. The first kappa shape index (κ1) is 14.7. The maximum atomic E-state index is 11.3. The van der Waals surface area contributed by atoms with Gasteiger partial charge in [-0.25, -0.2) is 0 Å². The van der Waals surface area contributed by atoms with Gasteiger partial charge in [0.1, 0.15) is 6.61 Å². The minimum absolute atomic E-state index is 0. The Morgan fingerprint density at radius 2 is 2.27 bits per heavy atom. The molecule has 1 rings (SSSR count). The smallest absolute Gasteiger partial charge is 0.246 e. The molecule has 1 saturated carbocycles. The summed E-state index contributed by atoms with van der Waals surface area (Å²) in [5.74, 6) is 0.442. The number of amides is 1. The molecule has 2 atom stereocenters. The third kappa shape index (κ3) is 4.82. The van der Waals surface area contributed by atoms with E-state index in [9.17, 15) is 4.79 Å². The summed E-state index contributed by atoms with van der Waals surface area (Å²) in [6.07, 6.45) is 3.36. The van der Waals surface area contributed by atoms with E-state index in [0.717, 1.165) is 12.8 Å². The Balaban J connectivity index is 0.00000196. The molecule has 0 radical (unpaired) electrons. The summed E-state index contributed by atoms with van der Waals surface area (Å²) in [5.41, 5.74) is 5.62. The fraction of sp³-hybridized carbons (Fsp3) is 0.900. The lowest BCUT2D eigenvalue weighted by molar-refractivity contribution is -0.126. The van der Waals surface area contributed by atoms with E-state index in [1.807, 2.05) is 6.92 Å². The lowest BCUT2D eigenvalue weighted by Gasteiger charge is -2.19. The van der Waals surface area contributed by atoms with Crippen molar-refractivity contribution in [1.29, 1.82) is 0 Å². The molecule has 4 nitrogen and oxygen atoms in total. The van der Waals surface area contributed by atoms with Crippen molar-refractivity contribution in [2.24, 2.45) is 11.7 Å². The molecule has 0 aromatic rings. The molecular weight excluding hydrogens is 216 g/mol. The van der Waals surface area contributed by atoms with Gasteiger partial charge >= 0.3 is 0 Å². The molecule has 0 aliphatic heterocycles. The number of halogens is 1. The zero-order valence-electron chi connectivity index (χ0n) is 9.20. The number of hydrogen-bond donors (Lipinski definition) is 2. The molecule has 90 valence electrons. The second-order valence-electron chi connectivity index (χ2n) is 3.74. The Labute approximate surface area is 97.3 Å². The van der Waals surface area contributed by atoms with Crippen molar-refractivity contribution in [3.8, 4) is 0 Å². The Bertz CT molecular complexity index is 190. The average Bonchev–Trinajstić information content (AvgIpc) is 2.62. The van der Waals surface area contributed by atoms with Crippen molar-refractivity contribution in [2.75, 3.05) is 19.8 Å². The second-order valence-corrected chi connectivity index (χ2v) is 3.74. The highest BCUT2D eigenvalue weighted by Crippen LogP contribution is 2.24. The van der Waals surface area contributed by atoms with Crippen LogP contribution in [0.2, 0.25) is 0 Å². The van der Waals surface area contributed by atoms with Crippen molar-refractivity contribution < 1.29 is 9.53 Å². The zero-order chi connectivity index (χ0) is 10.4. The zero-order valence-corrected chi connectivity index (χ0v) is 10.0. The number of carbonyl (C=O) groups is 1. The van der Waals surface area contributed by atoms with Gasteiger partial charge in [0.2, 0.25) is 5.91 Å². The van der Waals surface area contributed by atoms with E-state index in [-0.39, 0.29) is 31.0 Å². The molecule has 0 heterocycles. The molecule has 0 spiro atoms. The maximum Gasteiger partial charge on any atom is 0.246 e. The van der Waals surface area contributed by atoms with Gasteiger partial charge in [0.05, 0.1) is 0 Å². The minimum Gasteiger partial charge on any atom is -0.372 e. The van der Waals surface area contributed by atoms with E-state index < -0.39 is 0 Å². The van der Waals surface area contributed by atoms with E-state index in [0.29, 0.717) is 19.1 Å². The van der Waals surface area contributed by atoms with E-state index in [1.165, 1.54) is 6.42 Å². The number of carbonyl (C=O) groups excluding carboxylic acids is 1. The summed E-state index contributed by atoms with van der Waals surface area (Å²) in [6, 6.07) is 0.271. The summed E-state index contributed by atoms with van der Waals surface area (Å²) < 4.78 is 5.03. The van der Waals surface area contributed by atoms with Gasteiger partial charge in [-0.05, 0) is 32.2 Å². The highest BCUT2D eigenvalue weighted by Gasteiger charge is 2.26. The van der Waals surface area contributed by atoms with E-state index >= 15 is 0 Å².